The summed E-state index contributed by atoms with van der Waals surface area (Å²) in [7, 11) is -3.45. The lowest BCUT2D eigenvalue weighted by Gasteiger charge is -2.26. The van der Waals surface area contributed by atoms with Gasteiger partial charge in [0.15, 0.2) is 21.3 Å². The standard InChI is InChI=1S/C14H14F3N3O3S/c1-24(21,22)10-5-6-12(18-8-10)20-13(23-9-3-2-4-9)7-11(19-20)14(15,16)17/h5-9H,2-4H2,1H3. The van der Waals surface area contributed by atoms with Gasteiger partial charge in [-0.1, -0.05) is 0 Å². The van der Waals surface area contributed by atoms with E-state index in [0.717, 1.165) is 42.5 Å². The van der Waals surface area contributed by atoms with Crippen LogP contribution in [0.2, 0.25) is 0 Å². The minimum atomic E-state index is -4.62. The summed E-state index contributed by atoms with van der Waals surface area (Å²) in [6, 6.07) is 3.38. The number of aromatic nitrogens is 3. The Morgan fingerprint density at radius 3 is 2.46 bits per heavy atom. The van der Waals surface area contributed by atoms with Crippen LogP contribution in [-0.4, -0.2) is 35.5 Å². The van der Waals surface area contributed by atoms with E-state index in [0.29, 0.717) is 0 Å². The Balaban J connectivity index is 1.99. The molecular formula is C14H14F3N3O3S. The maximum absolute atomic E-state index is 12.9. The number of alkyl halides is 3. The second-order valence-electron chi connectivity index (χ2n) is 5.57. The Bertz CT molecular complexity index is 840. The molecule has 0 aliphatic heterocycles. The number of sulfone groups is 1. The average Bonchev–Trinajstić information content (AvgIpc) is 2.86. The van der Waals surface area contributed by atoms with Gasteiger partial charge in [-0.05, 0) is 31.4 Å². The molecule has 2 aromatic rings. The van der Waals surface area contributed by atoms with Crippen molar-refractivity contribution in [3.63, 3.8) is 0 Å². The third kappa shape index (κ3) is 3.37. The summed E-state index contributed by atoms with van der Waals surface area (Å²) in [5, 5.41) is 3.51. The van der Waals surface area contributed by atoms with Crippen molar-refractivity contribution in [1.29, 1.82) is 0 Å². The van der Waals surface area contributed by atoms with Crippen LogP contribution in [0.25, 0.3) is 5.82 Å². The number of rotatable bonds is 4. The van der Waals surface area contributed by atoms with Crippen molar-refractivity contribution in [3.8, 4) is 11.7 Å². The summed E-state index contributed by atoms with van der Waals surface area (Å²) < 4.78 is 68.1. The molecule has 0 radical (unpaired) electrons. The minimum absolute atomic E-state index is 0.0316. The summed E-state index contributed by atoms with van der Waals surface area (Å²) in [4.78, 5) is 3.86. The van der Waals surface area contributed by atoms with E-state index in [-0.39, 0.29) is 22.7 Å². The van der Waals surface area contributed by atoms with Crippen LogP contribution in [0.5, 0.6) is 5.88 Å². The van der Waals surface area contributed by atoms with Gasteiger partial charge < -0.3 is 4.74 Å². The molecule has 2 aromatic heterocycles. The zero-order chi connectivity index (χ0) is 17.5. The molecule has 130 valence electrons. The van der Waals surface area contributed by atoms with E-state index in [2.05, 4.69) is 10.1 Å². The van der Waals surface area contributed by atoms with Crippen molar-refractivity contribution >= 4 is 9.84 Å². The van der Waals surface area contributed by atoms with Crippen molar-refractivity contribution in [2.75, 3.05) is 6.26 Å². The highest BCUT2D eigenvalue weighted by Gasteiger charge is 2.36. The summed E-state index contributed by atoms with van der Waals surface area (Å²) in [5.41, 5.74) is -1.09. The van der Waals surface area contributed by atoms with Gasteiger partial charge in [-0.15, -0.1) is 0 Å². The minimum Gasteiger partial charge on any atom is -0.474 e. The van der Waals surface area contributed by atoms with Crippen molar-refractivity contribution < 1.29 is 26.3 Å². The van der Waals surface area contributed by atoms with Gasteiger partial charge in [0.1, 0.15) is 6.10 Å². The molecule has 1 aliphatic carbocycles. The second-order valence-corrected chi connectivity index (χ2v) is 7.59. The zero-order valence-corrected chi connectivity index (χ0v) is 13.4. The Labute approximate surface area is 136 Å². The van der Waals surface area contributed by atoms with E-state index in [1.807, 2.05) is 0 Å². The van der Waals surface area contributed by atoms with Gasteiger partial charge in [0, 0.05) is 18.5 Å². The summed E-state index contributed by atoms with van der Waals surface area (Å²) in [5.74, 6) is -0.0149. The van der Waals surface area contributed by atoms with Crippen molar-refractivity contribution in [1.82, 2.24) is 14.8 Å². The van der Waals surface area contributed by atoms with Crippen LogP contribution in [0.4, 0.5) is 13.2 Å². The predicted molar refractivity (Wildman–Crippen MR) is 77.7 cm³/mol. The van der Waals surface area contributed by atoms with Gasteiger partial charge in [0.05, 0.1) is 4.90 Å². The van der Waals surface area contributed by atoms with E-state index in [4.69, 9.17) is 4.74 Å². The molecule has 0 aromatic carbocycles. The van der Waals surface area contributed by atoms with Crippen molar-refractivity contribution in [2.24, 2.45) is 0 Å². The molecule has 24 heavy (non-hydrogen) atoms. The third-order valence-electron chi connectivity index (χ3n) is 3.67. The van der Waals surface area contributed by atoms with Gasteiger partial charge in [-0.3, -0.25) is 0 Å². The monoisotopic (exact) mass is 361 g/mol. The number of ether oxygens (including phenoxy) is 1. The zero-order valence-electron chi connectivity index (χ0n) is 12.6. The molecule has 0 amide bonds. The van der Waals surface area contributed by atoms with Gasteiger partial charge >= 0.3 is 6.18 Å². The number of hydrogen-bond acceptors (Lipinski definition) is 5. The molecule has 0 N–H and O–H groups in total. The topological polar surface area (TPSA) is 74.1 Å². The molecular weight excluding hydrogens is 347 g/mol. The van der Waals surface area contributed by atoms with Gasteiger partial charge in [0.2, 0.25) is 5.88 Å². The molecule has 1 saturated carbocycles. The lowest BCUT2D eigenvalue weighted by Crippen LogP contribution is -2.25. The highest BCUT2D eigenvalue weighted by atomic mass is 32.2. The van der Waals surface area contributed by atoms with Crippen LogP contribution in [0.15, 0.2) is 29.3 Å². The summed E-state index contributed by atoms with van der Waals surface area (Å²) in [6.07, 6.45) is -0.157. The Morgan fingerprint density at radius 1 is 1.29 bits per heavy atom. The van der Waals surface area contributed by atoms with E-state index in [1.165, 1.54) is 12.1 Å². The van der Waals surface area contributed by atoms with Crippen LogP contribution < -0.4 is 4.74 Å². The summed E-state index contributed by atoms with van der Waals surface area (Å²) in [6.45, 7) is 0. The Kier molecular flexibility index (Phi) is 4.02. The molecule has 0 saturated heterocycles. The molecule has 0 atom stereocenters. The first-order chi connectivity index (χ1) is 11.1. The molecule has 6 nitrogen and oxygen atoms in total. The van der Waals surface area contributed by atoms with Crippen LogP contribution in [0.3, 0.4) is 0 Å². The fraction of sp³-hybridized carbons (Fsp3) is 0.429. The van der Waals surface area contributed by atoms with Gasteiger partial charge in [0.25, 0.3) is 0 Å². The largest absolute Gasteiger partial charge is 0.474 e. The van der Waals surface area contributed by atoms with Crippen molar-refractivity contribution in [2.45, 2.75) is 36.4 Å². The first kappa shape index (κ1) is 16.7. The number of hydrogen-bond donors (Lipinski definition) is 0. The quantitative estimate of drug-likeness (QED) is 0.837. The maximum Gasteiger partial charge on any atom is 0.435 e. The average molecular weight is 361 g/mol. The Morgan fingerprint density at radius 2 is 2.00 bits per heavy atom. The van der Waals surface area contributed by atoms with Crippen LogP contribution in [0.1, 0.15) is 25.0 Å². The van der Waals surface area contributed by atoms with Crippen LogP contribution in [0, 0.1) is 0 Å². The highest BCUT2D eigenvalue weighted by molar-refractivity contribution is 7.90. The van der Waals surface area contributed by atoms with E-state index in [1.54, 1.807) is 0 Å². The molecule has 0 bridgehead atoms. The summed E-state index contributed by atoms with van der Waals surface area (Å²) >= 11 is 0. The van der Waals surface area contributed by atoms with Crippen molar-refractivity contribution in [3.05, 3.63) is 30.1 Å². The van der Waals surface area contributed by atoms with E-state index >= 15 is 0 Å². The van der Waals surface area contributed by atoms with Crippen LogP contribution >= 0.6 is 0 Å². The maximum atomic E-state index is 12.9. The predicted octanol–water partition coefficient (Wildman–Crippen LogP) is 2.62. The lowest BCUT2D eigenvalue weighted by molar-refractivity contribution is -0.141. The number of nitrogens with zero attached hydrogens (tertiary/aromatic N) is 3. The molecule has 1 fully saturated rings. The smallest absolute Gasteiger partial charge is 0.435 e. The van der Waals surface area contributed by atoms with Crippen LogP contribution in [-0.2, 0) is 16.0 Å². The molecule has 3 rings (SSSR count). The molecule has 2 heterocycles. The number of pyridine rings is 1. The number of halogens is 3. The molecule has 0 spiro atoms. The lowest BCUT2D eigenvalue weighted by atomic mass is 9.96. The fourth-order valence-corrected chi connectivity index (χ4v) is 2.69. The molecule has 1 aliphatic rings. The normalized spacial score (nSPS) is 16.0. The fourth-order valence-electron chi connectivity index (χ4n) is 2.13. The third-order valence-corrected chi connectivity index (χ3v) is 4.77. The van der Waals surface area contributed by atoms with E-state index < -0.39 is 21.7 Å². The highest BCUT2D eigenvalue weighted by Crippen LogP contribution is 2.34. The molecule has 10 heteroatoms. The first-order valence-corrected chi connectivity index (χ1v) is 9.04. The van der Waals surface area contributed by atoms with Gasteiger partial charge in [-0.25, -0.2) is 13.4 Å². The molecule has 0 unspecified atom stereocenters. The van der Waals surface area contributed by atoms with Gasteiger partial charge in [-0.2, -0.15) is 23.0 Å². The van der Waals surface area contributed by atoms with E-state index in [9.17, 15) is 21.6 Å². The first-order valence-electron chi connectivity index (χ1n) is 7.15. The second kappa shape index (κ2) is 5.76. The Hall–Kier alpha value is -2.10. The SMILES string of the molecule is CS(=O)(=O)c1ccc(-n2nc(C(F)(F)F)cc2OC2CCC2)nc1.